The van der Waals surface area contributed by atoms with Gasteiger partial charge in [0, 0.05) is 17.5 Å². The van der Waals surface area contributed by atoms with Crippen molar-refractivity contribution in [3.8, 4) is 11.3 Å². The second-order valence-corrected chi connectivity index (χ2v) is 5.14. The molecule has 1 aliphatic heterocycles. The van der Waals surface area contributed by atoms with Gasteiger partial charge in [-0.15, -0.1) is 0 Å². The first-order valence-electron chi connectivity index (χ1n) is 7.02. The van der Waals surface area contributed by atoms with E-state index in [2.05, 4.69) is 10.2 Å². The molecule has 0 saturated carbocycles. The maximum Gasteiger partial charge on any atom is 0.123 e. The molecule has 5 heteroatoms. The Morgan fingerprint density at radius 2 is 1.95 bits per heavy atom. The Kier molecular flexibility index (Phi) is 4.08. The Bertz CT molecular complexity index is 547. The minimum absolute atomic E-state index is 0.215. The van der Waals surface area contributed by atoms with Gasteiger partial charge >= 0.3 is 0 Å². The second kappa shape index (κ2) is 6.15. The Morgan fingerprint density at radius 1 is 1.20 bits per heavy atom. The summed E-state index contributed by atoms with van der Waals surface area (Å²) < 4.78 is 18.3. The summed E-state index contributed by atoms with van der Waals surface area (Å²) >= 11 is 0. The molecule has 1 aromatic carbocycles. The van der Waals surface area contributed by atoms with Crippen LogP contribution in [0.25, 0.3) is 11.3 Å². The summed E-state index contributed by atoms with van der Waals surface area (Å²) in [5.41, 5.74) is 3.17. The Hall–Kier alpha value is -1.72. The van der Waals surface area contributed by atoms with Crippen molar-refractivity contribution in [1.82, 2.24) is 10.2 Å². The van der Waals surface area contributed by atoms with Crippen molar-refractivity contribution < 1.29 is 14.0 Å². The van der Waals surface area contributed by atoms with E-state index in [-0.39, 0.29) is 5.82 Å². The lowest BCUT2D eigenvalue weighted by molar-refractivity contribution is -0.907. The maximum atomic E-state index is 13.0. The van der Waals surface area contributed by atoms with Crippen molar-refractivity contribution in [3.63, 3.8) is 0 Å². The SMILES string of the molecule is Fc1ccc(-c2[nH]ncc2CC[NH+]2CCOCC2)cc1. The van der Waals surface area contributed by atoms with Crippen LogP contribution in [-0.2, 0) is 11.2 Å². The molecule has 0 spiro atoms. The maximum absolute atomic E-state index is 13.0. The highest BCUT2D eigenvalue weighted by Crippen LogP contribution is 2.21. The Labute approximate surface area is 117 Å². The minimum atomic E-state index is -0.215. The van der Waals surface area contributed by atoms with Gasteiger partial charge in [-0.05, 0) is 24.3 Å². The molecular formula is C15H19FN3O+. The fourth-order valence-corrected chi connectivity index (χ4v) is 2.59. The van der Waals surface area contributed by atoms with E-state index < -0.39 is 0 Å². The highest BCUT2D eigenvalue weighted by molar-refractivity contribution is 5.62. The van der Waals surface area contributed by atoms with Crippen molar-refractivity contribution in [3.05, 3.63) is 41.8 Å². The molecule has 1 aliphatic rings. The van der Waals surface area contributed by atoms with E-state index in [9.17, 15) is 4.39 Å². The predicted molar refractivity (Wildman–Crippen MR) is 74.1 cm³/mol. The van der Waals surface area contributed by atoms with Gasteiger partial charge in [0.25, 0.3) is 0 Å². The molecule has 20 heavy (non-hydrogen) atoms. The zero-order valence-corrected chi connectivity index (χ0v) is 11.4. The molecule has 106 valence electrons. The molecule has 1 saturated heterocycles. The van der Waals surface area contributed by atoms with E-state index in [1.807, 2.05) is 6.20 Å². The molecule has 0 amide bonds. The molecule has 0 bridgehead atoms. The highest BCUT2D eigenvalue weighted by Gasteiger charge is 2.15. The van der Waals surface area contributed by atoms with Gasteiger partial charge < -0.3 is 9.64 Å². The van der Waals surface area contributed by atoms with Gasteiger partial charge in [0.05, 0.1) is 31.6 Å². The molecule has 0 atom stereocenters. The molecule has 1 fully saturated rings. The van der Waals surface area contributed by atoms with Gasteiger partial charge in [0.1, 0.15) is 18.9 Å². The number of nitrogens with one attached hydrogen (secondary N) is 2. The summed E-state index contributed by atoms with van der Waals surface area (Å²) in [6.45, 7) is 4.93. The van der Waals surface area contributed by atoms with Crippen molar-refractivity contribution in [2.24, 2.45) is 0 Å². The molecule has 2 aromatic rings. The van der Waals surface area contributed by atoms with E-state index in [0.29, 0.717) is 0 Å². The predicted octanol–water partition coefficient (Wildman–Crippen LogP) is 0.673. The van der Waals surface area contributed by atoms with Crippen molar-refractivity contribution in [2.75, 3.05) is 32.8 Å². The van der Waals surface area contributed by atoms with E-state index in [1.54, 1.807) is 17.0 Å². The molecule has 2 N–H and O–H groups in total. The van der Waals surface area contributed by atoms with Crippen molar-refractivity contribution in [1.29, 1.82) is 0 Å². The van der Waals surface area contributed by atoms with Crippen LogP contribution in [-0.4, -0.2) is 43.0 Å². The van der Waals surface area contributed by atoms with E-state index in [4.69, 9.17) is 4.74 Å². The molecular weight excluding hydrogens is 257 g/mol. The van der Waals surface area contributed by atoms with Gasteiger partial charge in [-0.1, -0.05) is 0 Å². The van der Waals surface area contributed by atoms with Crippen LogP contribution in [0.4, 0.5) is 4.39 Å². The molecule has 4 nitrogen and oxygen atoms in total. The highest BCUT2D eigenvalue weighted by atomic mass is 19.1. The van der Waals surface area contributed by atoms with Gasteiger partial charge in [0.2, 0.25) is 0 Å². The number of quaternary nitrogens is 1. The van der Waals surface area contributed by atoms with Crippen LogP contribution in [0.2, 0.25) is 0 Å². The third kappa shape index (κ3) is 3.05. The Morgan fingerprint density at radius 3 is 2.70 bits per heavy atom. The molecule has 3 rings (SSSR count). The summed E-state index contributed by atoms with van der Waals surface area (Å²) in [6.07, 6.45) is 2.84. The first-order valence-corrected chi connectivity index (χ1v) is 7.02. The van der Waals surface area contributed by atoms with Crippen LogP contribution in [0.3, 0.4) is 0 Å². The first-order chi connectivity index (χ1) is 9.83. The smallest absolute Gasteiger partial charge is 0.123 e. The number of hydrogen-bond acceptors (Lipinski definition) is 2. The van der Waals surface area contributed by atoms with Gasteiger partial charge in [0.15, 0.2) is 0 Å². The van der Waals surface area contributed by atoms with Crippen LogP contribution >= 0.6 is 0 Å². The summed E-state index contributed by atoms with van der Waals surface area (Å²) in [5.74, 6) is -0.215. The monoisotopic (exact) mass is 276 g/mol. The summed E-state index contributed by atoms with van der Waals surface area (Å²) in [4.78, 5) is 1.57. The zero-order chi connectivity index (χ0) is 13.8. The molecule has 0 aliphatic carbocycles. The van der Waals surface area contributed by atoms with Crippen LogP contribution in [0, 0.1) is 5.82 Å². The van der Waals surface area contributed by atoms with Crippen LogP contribution in [0.1, 0.15) is 5.56 Å². The second-order valence-electron chi connectivity index (χ2n) is 5.14. The summed E-state index contributed by atoms with van der Waals surface area (Å²) in [5, 5.41) is 7.15. The average molecular weight is 276 g/mol. The summed E-state index contributed by atoms with van der Waals surface area (Å²) in [7, 11) is 0. The number of aromatic nitrogens is 2. The molecule has 0 unspecified atom stereocenters. The quantitative estimate of drug-likeness (QED) is 0.862. The van der Waals surface area contributed by atoms with Crippen molar-refractivity contribution >= 4 is 0 Å². The lowest BCUT2D eigenvalue weighted by Gasteiger charge is -2.23. The number of H-pyrrole nitrogens is 1. The normalized spacial score (nSPS) is 16.4. The van der Waals surface area contributed by atoms with Crippen LogP contribution in [0.15, 0.2) is 30.5 Å². The molecule has 1 aromatic heterocycles. The Balaban J connectivity index is 1.68. The molecule has 0 radical (unpaired) electrons. The largest absolute Gasteiger partial charge is 0.370 e. The number of benzene rings is 1. The lowest BCUT2D eigenvalue weighted by Crippen LogP contribution is -3.14. The summed E-state index contributed by atoms with van der Waals surface area (Å²) in [6, 6.07) is 6.53. The third-order valence-electron chi connectivity index (χ3n) is 3.80. The minimum Gasteiger partial charge on any atom is -0.370 e. The number of halogens is 1. The van der Waals surface area contributed by atoms with E-state index >= 15 is 0 Å². The lowest BCUT2D eigenvalue weighted by atomic mass is 10.1. The molecule has 2 heterocycles. The van der Waals surface area contributed by atoms with Gasteiger partial charge in [-0.25, -0.2) is 4.39 Å². The van der Waals surface area contributed by atoms with E-state index in [1.165, 1.54) is 17.7 Å². The van der Waals surface area contributed by atoms with Crippen molar-refractivity contribution in [2.45, 2.75) is 6.42 Å². The topological polar surface area (TPSA) is 42.3 Å². The average Bonchev–Trinajstić information content (AvgIpc) is 2.95. The fraction of sp³-hybridized carbons (Fsp3) is 0.400. The number of nitrogens with zero attached hydrogens (tertiary/aromatic N) is 1. The number of aromatic amines is 1. The third-order valence-corrected chi connectivity index (χ3v) is 3.80. The standard InChI is InChI=1S/C15H18FN3O/c16-14-3-1-12(2-4-14)15-13(11-17-18-15)5-6-19-7-9-20-10-8-19/h1-4,11H,5-10H2,(H,17,18)/p+1. The van der Waals surface area contributed by atoms with Crippen LogP contribution < -0.4 is 4.90 Å². The van der Waals surface area contributed by atoms with E-state index in [0.717, 1.165) is 50.5 Å². The first kappa shape index (κ1) is 13.3. The van der Waals surface area contributed by atoms with Gasteiger partial charge in [-0.3, -0.25) is 5.10 Å². The van der Waals surface area contributed by atoms with Gasteiger partial charge in [-0.2, -0.15) is 5.10 Å². The number of rotatable bonds is 4. The number of ether oxygens (including phenoxy) is 1. The number of morpholine rings is 1. The fourth-order valence-electron chi connectivity index (χ4n) is 2.59. The van der Waals surface area contributed by atoms with Crippen LogP contribution in [0.5, 0.6) is 0 Å². The zero-order valence-electron chi connectivity index (χ0n) is 11.4. The number of hydrogen-bond donors (Lipinski definition) is 2.